The lowest BCUT2D eigenvalue weighted by atomic mass is 10.00. The monoisotopic (exact) mass is 475 g/mol. The Kier molecular flexibility index (Phi) is 11.6. The van der Waals surface area contributed by atoms with Crippen LogP contribution in [0.15, 0.2) is 42.5 Å². The van der Waals surface area contributed by atoms with Gasteiger partial charge in [0, 0.05) is 43.3 Å². The molecule has 7 heteroatoms. The van der Waals surface area contributed by atoms with E-state index in [-0.39, 0.29) is 29.7 Å². The van der Waals surface area contributed by atoms with Crippen molar-refractivity contribution in [2.45, 2.75) is 52.5 Å². The third-order valence-electron chi connectivity index (χ3n) is 6.34. The molecule has 0 aliphatic carbocycles. The average molecular weight is 476 g/mol. The van der Waals surface area contributed by atoms with E-state index in [1.807, 2.05) is 37.8 Å². The van der Waals surface area contributed by atoms with Crippen molar-refractivity contribution < 1.29 is 15.1 Å². The molecule has 0 radical (unpaired) electrons. The first-order chi connectivity index (χ1) is 14.9. The van der Waals surface area contributed by atoms with Crippen LogP contribution in [-0.4, -0.2) is 59.8 Å². The highest BCUT2D eigenvalue weighted by Crippen LogP contribution is 2.25. The van der Waals surface area contributed by atoms with Gasteiger partial charge in [-0.1, -0.05) is 37.3 Å². The van der Waals surface area contributed by atoms with Gasteiger partial charge in [0.05, 0.1) is 0 Å². The molecule has 33 heavy (non-hydrogen) atoms. The summed E-state index contributed by atoms with van der Waals surface area (Å²) in [6, 6.07) is 14.9. The summed E-state index contributed by atoms with van der Waals surface area (Å²) in [5.41, 5.74) is 4.76. The minimum absolute atomic E-state index is 0. The molecule has 3 rings (SSSR count). The molecule has 2 aromatic rings. The van der Waals surface area contributed by atoms with Gasteiger partial charge < -0.3 is 20.6 Å². The molecule has 0 saturated carbocycles. The summed E-state index contributed by atoms with van der Waals surface area (Å²) in [4.78, 5) is 29.3. The number of hydrogen-bond acceptors (Lipinski definition) is 3. The van der Waals surface area contributed by atoms with Gasteiger partial charge in [-0.2, -0.15) is 0 Å². The van der Waals surface area contributed by atoms with Crippen LogP contribution in [-0.2, 0) is 11.2 Å². The van der Waals surface area contributed by atoms with Crippen LogP contribution in [0.4, 0.5) is 5.69 Å². The van der Waals surface area contributed by atoms with Crippen molar-refractivity contribution in [3.05, 3.63) is 64.7 Å². The summed E-state index contributed by atoms with van der Waals surface area (Å²) < 4.78 is 0. The number of piperidine rings is 1. The number of halogens is 1. The van der Waals surface area contributed by atoms with Gasteiger partial charge in [-0.15, -0.1) is 12.4 Å². The van der Waals surface area contributed by atoms with E-state index in [0.29, 0.717) is 18.0 Å². The molecule has 1 aliphatic rings. The van der Waals surface area contributed by atoms with Gasteiger partial charge in [-0.05, 0) is 69.0 Å². The van der Waals surface area contributed by atoms with Gasteiger partial charge in [-0.25, -0.2) is 0 Å². The molecule has 1 fully saturated rings. The molecule has 1 aliphatic heterocycles. The van der Waals surface area contributed by atoms with E-state index in [4.69, 9.17) is 0 Å². The maximum absolute atomic E-state index is 13.1. The summed E-state index contributed by atoms with van der Waals surface area (Å²) in [7, 11) is 2.20. The minimum Gasteiger partial charge on any atom is -0.412 e. The molecule has 182 valence electrons. The third-order valence-corrected chi connectivity index (χ3v) is 6.34. The fourth-order valence-electron chi connectivity index (χ4n) is 4.34. The Morgan fingerprint density at radius 3 is 2.18 bits per heavy atom. The van der Waals surface area contributed by atoms with Crippen LogP contribution in [0.2, 0.25) is 0 Å². The standard InChI is InChI=1S/C26H35N3O2.ClH.H2O/c1-5-24(30)27-25-19(2)17-22(18-20(25)3)26(31)29-15-12-23(13-16-29)28(4)14-11-21-9-7-6-8-10-21;;/h6-10,17-18,23H,5,11-16H2,1-4H3,(H,27,30);1H;1H2. The topological polar surface area (TPSA) is 84.2 Å². The van der Waals surface area contributed by atoms with Crippen LogP contribution in [0, 0.1) is 13.8 Å². The minimum atomic E-state index is -0.0104. The van der Waals surface area contributed by atoms with E-state index >= 15 is 0 Å². The molecule has 1 saturated heterocycles. The molecule has 2 aromatic carbocycles. The van der Waals surface area contributed by atoms with Crippen LogP contribution in [0.25, 0.3) is 0 Å². The lowest BCUT2D eigenvalue weighted by molar-refractivity contribution is -0.115. The number of likely N-dealkylation sites (N-methyl/N-ethyl adjacent to an activating group) is 1. The maximum atomic E-state index is 13.1. The number of anilines is 1. The second-order valence-corrected chi connectivity index (χ2v) is 8.63. The fourth-order valence-corrected chi connectivity index (χ4v) is 4.34. The third kappa shape index (κ3) is 7.56. The van der Waals surface area contributed by atoms with Crippen molar-refractivity contribution in [2.24, 2.45) is 0 Å². The van der Waals surface area contributed by atoms with Crippen molar-refractivity contribution in [2.75, 3.05) is 32.0 Å². The Morgan fingerprint density at radius 1 is 1.06 bits per heavy atom. The highest BCUT2D eigenvalue weighted by molar-refractivity contribution is 5.97. The first kappa shape index (κ1) is 28.6. The van der Waals surface area contributed by atoms with Crippen molar-refractivity contribution >= 4 is 29.9 Å². The van der Waals surface area contributed by atoms with Gasteiger partial charge in [-0.3, -0.25) is 9.59 Å². The summed E-state index contributed by atoms with van der Waals surface area (Å²) in [6.45, 7) is 8.33. The Bertz CT molecular complexity index is 889. The maximum Gasteiger partial charge on any atom is 0.253 e. The summed E-state index contributed by atoms with van der Waals surface area (Å²) in [5.74, 6) is 0.0775. The van der Waals surface area contributed by atoms with E-state index in [2.05, 4.69) is 47.6 Å². The molecule has 2 amide bonds. The number of rotatable bonds is 7. The fraction of sp³-hybridized carbons (Fsp3) is 0.462. The quantitative estimate of drug-likeness (QED) is 0.656. The van der Waals surface area contributed by atoms with Gasteiger partial charge >= 0.3 is 0 Å². The smallest absolute Gasteiger partial charge is 0.253 e. The molecule has 3 N–H and O–H groups in total. The van der Waals surface area contributed by atoms with Crippen LogP contribution < -0.4 is 5.32 Å². The molecule has 1 heterocycles. The number of amides is 2. The SMILES string of the molecule is CCC(=O)Nc1c(C)cc(C(=O)N2CCC(N(C)CCc3ccccc3)CC2)cc1C.Cl.O. The zero-order chi connectivity index (χ0) is 22.4. The number of carbonyl (C=O) groups excluding carboxylic acids is 2. The van der Waals surface area contributed by atoms with Crippen LogP contribution in [0.1, 0.15) is 53.2 Å². The lowest BCUT2D eigenvalue weighted by Gasteiger charge is -2.37. The number of carbonyl (C=O) groups is 2. The highest BCUT2D eigenvalue weighted by atomic mass is 35.5. The number of nitrogens with one attached hydrogen (secondary N) is 1. The van der Waals surface area contributed by atoms with Crippen LogP contribution >= 0.6 is 12.4 Å². The molecule has 0 spiro atoms. The Balaban J connectivity index is 0.00000272. The number of benzene rings is 2. The molecular formula is C26H38ClN3O3. The number of nitrogens with zero attached hydrogens (tertiary/aromatic N) is 2. The van der Waals surface area contributed by atoms with Gasteiger partial charge in [0.2, 0.25) is 5.91 Å². The molecular weight excluding hydrogens is 438 g/mol. The molecule has 6 nitrogen and oxygen atoms in total. The molecule has 0 bridgehead atoms. The predicted octanol–water partition coefficient (Wildman–Crippen LogP) is 4.03. The van der Waals surface area contributed by atoms with Crippen LogP contribution in [0.3, 0.4) is 0 Å². The largest absolute Gasteiger partial charge is 0.412 e. The van der Waals surface area contributed by atoms with Gasteiger partial charge in [0.15, 0.2) is 0 Å². The van der Waals surface area contributed by atoms with Gasteiger partial charge in [0.1, 0.15) is 0 Å². The van der Waals surface area contributed by atoms with Crippen molar-refractivity contribution in [1.29, 1.82) is 0 Å². The summed E-state index contributed by atoms with van der Waals surface area (Å²) in [5, 5.41) is 2.95. The van der Waals surface area contributed by atoms with Crippen molar-refractivity contribution in [3.63, 3.8) is 0 Å². The zero-order valence-electron chi connectivity index (χ0n) is 20.2. The first-order valence-electron chi connectivity index (χ1n) is 11.3. The van der Waals surface area contributed by atoms with E-state index in [0.717, 1.165) is 55.7 Å². The van der Waals surface area contributed by atoms with E-state index in [9.17, 15) is 9.59 Å². The molecule has 0 unspecified atom stereocenters. The Hall–Kier alpha value is -2.41. The summed E-state index contributed by atoms with van der Waals surface area (Å²) >= 11 is 0. The Morgan fingerprint density at radius 2 is 1.64 bits per heavy atom. The van der Waals surface area contributed by atoms with Crippen molar-refractivity contribution in [3.8, 4) is 0 Å². The second kappa shape index (κ2) is 13.3. The van der Waals surface area contributed by atoms with E-state index in [1.54, 1.807) is 0 Å². The summed E-state index contributed by atoms with van der Waals surface area (Å²) in [6.07, 6.45) is 3.49. The van der Waals surface area contributed by atoms with E-state index in [1.165, 1.54) is 5.56 Å². The van der Waals surface area contributed by atoms with Gasteiger partial charge in [0.25, 0.3) is 5.91 Å². The van der Waals surface area contributed by atoms with Crippen LogP contribution in [0.5, 0.6) is 0 Å². The Labute approximate surface area is 204 Å². The zero-order valence-corrected chi connectivity index (χ0v) is 21.0. The molecule has 0 atom stereocenters. The second-order valence-electron chi connectivity index (χ2n) is 8.63. The normalized spacial score (nSPS) is 13.8. The first-order valence-corrected chi connectivity index (χ1v) is 11.3. The lowest BCUT2D eigenvalue weighted by Crippen LogP contribution is -2.46. The highest BCUT2D eigenvalue weighted by Gasteiger charge is 2.26. The predicted molar refractivity (Wildman–Crippen MR) is 137 cm³/mol. The number of hydrogen-bond donors (Lipinski definition) is 1. The van der Waals surface area contributed by atoms with E-state index < -0.39 is 0 Å². The van der Waals surface area contributed by atoms with Crippen molar-refractivity contribution in [1.82, 2.24) is 9.80 Å². The average Bonchev–Trinajstić information content (AvgIpc) is 2.79. The molecule has 0 aromatic heterocycles. The number of likely N-dealkylation sites (tertiary alicyclic amines) is 1. The number of aryl methyl sites for hydroxylation is 2.